The van der Waals surface area contributed by atoms with Crippen LogP contribution in [-0.2, 0) is 5.41 Å². The molecule has 1 aromatic rings. The van der Waals surface area contributed by atoms with Crippen molar-refractivity contribution in [3.63, 3.8) is 0 Å². The van der Waals surface area contributed by atoms with Crippen molar-refractivity contribution in [1.82, 2.24) is 0 Å². The quantitative estimate of drug-likeness (QED) is 0.689. The van der Waals surface area contributed by atoms with Gasteiger partial charge in [0.05, 0.1) is 6.26 Å². The number of hydrogen-bond acceptors (Lipinski definition) is 1. The van der Waals surface area contributed by atoms with E-state index in [2.05, 4.69) is 47.6 Å². The van der Waals surface area contributed by atoms with Crippen LogP contribution in [0.5, 0.6) is 0 Å². The van der Waals surface area contributed by atoms with E-state index in [9.17, 15) is 0 Å². The first kappa shape index (κ1) is 13.3. The highest BCUT2D eigenvalue weighted by Gasteiger charge is 2.23. The normalized spacial score (nSPS) is 16.1. The topological polar surface area (TPSA) is 13.1 Å². The van der Waals surface area contributed by atoms with Gasteiger partial charge in [-0.3, -0.25) is 0 Å². The van der Waals surface area contributed by atoms with Crippen LogP contribution >= 0.6 is 0 Å². The van der Waals surface area contributed by atoms with E-state index in [1.807, 2.05) is 6.26 Å². The van der Waals surface area contributed by atoms with E-state index in [1.165, 1.54) is 17.7 Å². The summed E-state index contributed by atoms with van der Waals surface area (Å²) in [6, 6.07) is 2.25. The third kappa shape index (κ3) is 2.90. The lowest BCUT2D eigenvalue weighted by atomic mass is 9.85. The van der Waals surface area contributed by atoms with E-state index in [-0.39, 0.29) is 5.41 Å². The summed E-state index contributed by atoms with van der Waals surface area (Å²) in [6.07, 6.45) is 4.30. The smallest absolute Gasteiger partial charge is 0.107 e. The summed E-state index contributed by atoms with van der Waals surface area (Å²) >= 11 is 0. The minimum Gasteiger partial charge on any atom is -0.469 e. The fraction of sp³-hybridized carbons (Fsp3) is 0.733. The third-order valence-electron chi connectivity index (χ3n) is 3.62. The molecular weight excluding hydrogens is 196 g/mol. The van der Waals surface area contributed by atoms with Gasteiger partial charge < -0.3 is 4.42 Å². The van der Waals surface area contributed by atoms with Crippen LogP contribution < -0.4 is 0 Å². The van der Waals surface area contributed by atoms with Crippen molar-refractivity contribution in [2.45, 2.75) is 65.7 Å². The van der Waals surface area contributed by atoms with Crippen molar-refractivity contribution in [3.8, 4) is 0 Å². The van der Waals surface area contributed by atoms with Crippen LogP contribution in [0.2, 0.25) is 0 Å². The van der Waals surface area contributed by atoms with Crippen LogP contribution in [-0.4, -0.2) is 0 Å². The van der Waals surface area contributed by atoms with Crippen molar-refractivity contribution < 1.29 is 4.42 Å². The van der Waals surface area contributed by atoms with Gasteiger partial charge >= 0.3 is 0 Å². The Bertz CT molecular complexity index is 316. The lowest BCUT2D eigenvalue weighted by Gasteiger charge is -2.19. The Morgan fingerprint density at radius 2 is 1.81 bits per heavy atom. The molecule has 0 spiro atoms. The van der Waals surface area contributed by atoms with Gasteiger partial charge in [0.25, 0.3) is 0 Å². The molecule has 0 aliphatic heterocycles. The molecule has 1 nitrogen and oxygen atoms in total. The van der Waals surface area contributed by atoms with Crippen LogP contribution in [0.1, 0.15) is 71.6 Å². The Morgan fingerprint density at radius 3 is 2.19 bits per heavy atom. The lowest BCUT2D eigenvalue weighted by Crippen LogP contribution is -2.10. The molecule has 1 unspecified atom stereocenters. The molecule has 0 amide bonds. The average molecular weight is 222 g/mol. The van der Waals surface area contributed by atoms with Crippen molar-refractivity contribution in [1.29, 1.82) is 0 Å². The summed E-state index contributed by atoms with van der Waals surface area (Å²) < 4.78 is 5.77. The summed E-state index contributed by atoms with van der Waals surface area (Å²) in [7, 11) is 0. The van der Waals surface area contributed by atoms with Gasteiger partial charge in [-0.1, -0.05) is 48.0 Å². The van der Waals surface area contributed by atoms with Gasteiger partial charge in [0.2, 0.25) is 0 Å². The number of hydrogen-bond donors (Lipinski definition) is 0. The molecule has 0 fully saturated rings. The molecule has 0 aliphatic carbocycles. The second-order valence-corrected chi connectivity index (χ2v) is 5.89. The Balaban J connectivity index is 2.91. The lowest BCUT2D eigenvalue weighted by molar-refractivity contribution is 0.361. The molecular formula is C15H26O. The highest BCUT2D eigenvalue weighted by Crippen LogP contribution is 2.34. The second kappa shape index (κ2) is 5.07. The first-order chi connectivity index (χ1) is 7.40. The summed E-state index contributed by atoms with van der Waals surface area (Å²) in [5, 5.41) is 0. The molecule has 0 bridgehead atoms. The van der Waals surface area contributed by atoms with E-state index in [0.717, 1.165) is 6.42 Å². The molecule has 2 atom stereocenters. The minimum atomic E-state index is 0.190. The van der Waals surface area contributed by atoms with Crippen LogP contribution in [0.15, 0.2) is 16.7 Å². The molecule has 0 saturated carbocycles. The van der Waals surface area contributed by atoms with E-state index in [0.29, 0.717) is 11.8 Å². The highest BCUT2D eigenvalue weighted by molar-refractivity contribution is 5.23. The standard InChI is InChI=1S/C15H26O/c1-7-11(3)13(8-2)14-9-12(10-16-14)15(4,5)6/h9-11,13H,7-8H2,1-6H3/t11?,13-/m0/s1. The van der Waals surface area contributed by atoms with Crippen molar-refractivity contribution >= 4 is 0 Å². The van der Waals surface area contributed by atoms with Crippen molar-refractivity contribution in [3.05, 3.63) is 23.7 Å². The predicted octanol–water partition coefficient (Wildman–Crippen LogP) is 5.12. The molecule has 92 valence electrons. The van der Waals surface area contributed by atoms with Crippen molar-refractivity contribution in [2.75, 3.05) is 0 Å². The van der Waals surface area contributed by atoms with Crippen LogP contribution in [0.4, 0.5) is 0 Å². The van der Waals surface area contributed by atoms with E-state index >= 15 is 0 Å². The first-order valence-corrected chi connectivity index (χ1v) is 6.49. The van der Waals surface area contributed by atoms with E-state index < -0.39 is 0 Å². The zero-order valence-corrected chi connectivity index (χ0v) is 11.6. The molecule has 0 N–H and O–H groups in total. The van der Waals surface area contributed by atoms with Gasteiger partial charge in [-0.05, 0) is 29.4 Å². The predicted molar refractivity (Wildman–Crippen MR) is 69.9 cm³/mol. The maximum Gasteiger partial charge on any atom is 0.107 e. The summed E-state index contributed by atoms with van der Waals surface area (Å²) in [5.41, 5.74) is 1.50. The second-order valence-electron chi connectivity index (χ2n) is 5.89. The monoisotopic (exact) mass is 222 g/mol. The molecule has 0 radical (unpaired) electrons. The molecule has 0 aromatic carbocycles. The first-order valence-electron chi connectivity index (χ1n) is 6.49. The van der Waals surface area contributed by atoms with Gasteiger partial charge in [-0.15, -0.1) is 0 Å². The fourth-order valence-corrected chi connectivity index (χ4v) is 2.11. The Kier molecular flexibility index (Phi) is 4.23. The van der Waals surface area contributed by atoms with Crippen LogP contribution in [0.3, 0.4) is 0 Å². The Labute approximate surface area is 100 Å². The SMILES string of the molecule is CCC(C)[C@H](CC)c1cc(C(C)(C)C)co1. The van der Waals surface area contributed by atoms with Gasteiger partial charge in [0.15, 0.2) is 0 Å². The number of furan rings is 1. The Morgan fingerprint density at radius 1 is 1.19 bits per heavy atom. The minimum absolute atomic E-state index is 0.190. The van der Waals surface area contributed by atoms with Crippen molar-refractivity contribution in [2.24, 2.45) is 5.92 Å². The molecule has 1 rings (SSSR count). The molecule has 0 aliphatic rings. The zero-order chi connectivity index (χ0) is 12.3. The molecule has 1 heteroatoms. The molecule has 16 heavy (non-hydrogen) atoms. The molecule has 0 saturated heterocycles. The third-order valence-corrected chi connectivity index (χ3v) is 3.62. The van der Waals surface area contributed by atoms with Gasteiger partial charge in [0.1, 0.15) is 5.76 Å². The maximum absolute atomic E-state index is 5.77. The van der Waals surface area contributed by atoms with E-state index in [1.54, 1.807) is 0 Å². The summed E-state index contributed by atoms with van der Waals surface area (Å²) in [6.45, 7) is 13.5. The molecule has 1 aromatic heterocycles. The highest BCUT2D eigenvalue weighted by atomic mass is 16.3. The van der Waals surface area contributed by atoms with Crippen LogP contribution in [0, 0.1) is 5.92 Å². The van der Waals surface area contributed by atoms with E-state index in [4.69, 9.17) is 4.42 Å². The fourth-order valence-electron chi connectivity index (χ4n) is 2.11. The van der Waals surface area contributed by atoms with Gasteiger partial charge in [0, 0.05) is 5.92 Å². The molecule has 1 heterocycles. The average Bonchev–Trinajstić information content (AvgIpc) is 2.67. The summed E-state index contributed by atoms with van der Waals surface area (Å²) in [5.74, 6) is 2.44. The van der Waals surface area contributed by atoms with Gasteiger partial charge in [-0.25, -0.2) is 0 Å². The van der Waals surface area contributed by atoms with Crippen LogP contribution in [0.25, 0.3) is 0 Å². The summed E-state index contributed by atoms with van der Waals surface area (Å²) in [4.78, 5) is 0. The Hall–Kier alpha value is -0.720. The number of rotatable bonds is 4. The maximum atomic E-state index is 5.77. The largest absolute Gasteiger partial charge is 0.469 e. The van der Waals surface area contributed by atoms with Gasteiger partial charge in [-0.2, -0.15) is 0 Å². The zero-order valence-electron chi connectivity index (χ0n) is 11.6.